The summed E-state index contributed by atoms with van der Waals surface area (Å²) in [6, 6.07) is 0.187. The number of aromatic nitrogens is 2. The molecule has 96 valence electrons. The molecule has 1 aromatic rings. The van der Waals surface area contributed by atoms with Crippen LogP contribution in [0.2, 0.25) is 0 Å². The Kier molecular flexibility index (Phi) is 2.90. The number of rotatable bonds is 2. The Hall–Kier alpha value is -1.08. The first-order chi connectivity index (χ1) is 7.80. The van der Waals surface area contributed by atoms with Gasteiger partial charge in [-0.15, -0.1) is 0 Å². The van der Waals surface area contributed by atoms with Crippen LogP contribution in [0, 0.1) is 0 Å². The lowest BCUT2D eigenvalue weighted by Crippen LogP contribution is -2.35. The van der Waals surface area contributed by atoms with Crippen LogP contribution < -0.4 is 5.73 Å². The zero-order valence-electron chi connectivity index (χ0n) is 10.3. The number of hydrogen-bond donors (Lipinski definition) is 1. The third-order valence-electron chi connectivity index (χ3n) is 3.03. The summed E-state index contributed by atoms with van der Waals surface area (Å²) in [4.78, 5) is 0. The fraction of sp³-hybridized carbons (Fsp3) is 0.700. The van der Waals surface area contributed by atoms with E-state index in [9.17, 15) is 8.42 Å². The van der Waals surface area contributed by atoms with E-state index in [1.54, 1.807) is 4.68 Å². The Morgan fingerprint density at radius 1 is 1.41 bits per heavy atom. The average molecular weight is 258 g/mol. The lowest BCUT2D eigenvalue weighted by molar-refractivity contribution is 0.388. The summed E-state index contributed by atoms with van der Waals surface area (Å²) in [5, 5.41) is 4.40. The molecule has 0 saturated heterocycles. The SMILES string of the molecule is CC(C)n1nc2c(c1N)CCN(S(C)(=O)=O)C2. The molecule has 0 bridgehead atoms. The van der Waals surface area contributed by atoms with Gasteiger partial charge >= 0.3 is 0 Å². The maximum atomic E-state index is 11.5. The Labute approximate surface area is 101 Å². The molecule has 1 aliphatic rings. The normalized spacial score (nSPS) is 17.4. The number of anilines is 1. The van der Waals surface area contributed by atoms with Crippen LogP contribution >= 0.6 is 0 Å². The van der Waals surface area contributed by atoms with Gasteiger partial charge < -0.3 is 5.73 Å². The number of hydrogen-bond acceptors (Lipinski definition) is 4. The number of nitrogens with zero attached hydrogens (tertiary/aromatic N) is 3. The highest BCUT2D eigenvalue weighted by Gasteiger charge is 2.28. The first kappa shape index (κ1) is 12.4. The van der Waals surface area contributed by atoms with E-state index in [0.29, 0.717) is 25.3 Å². The van der Waals surface area contributed by atoms with E-state index >= 15 is 0 Å². The molecule has 0 fully saturated rings. The summed E-state index contributed by atoms with van der Waals surface area (Å²) in [6.07, 6.45) is 1.86. The molecule has 0 aliphatic carbocycles. The monoisotopic (exact) mass is 258 g/mol. The minimum atomic E-state index is -3.15. The predicted molar refractivity (Wildman–Crippen MR) is 66.0 cm³/mol. The Balaban J connectivity index is 2.37. The van der Waals surface area contributed by atoms with Crippen LogP contribution in [0.5, 0.6) is 0 Å². The van der Waals surface area contributed by atoms with Gasteiger partial charge in [0.1, 0.15) is 5.82 Å². The smallest absolute Gasteiger partial charge is 0.211 e. The molecule has 17 heavy (non-hydrogen) atoms. The third-order valence-corrected chi connectivity index (χ3v) is 4.28. The summed E-state index contributed by atoms with van der Waals surface area (Å²) in [5.74, 6) is 0.670. The van der Waals surface area contributed by atoms with Gasteiger partial charge in [0.2, 0.25) is 10.0 Å². The van der Waals surface area contributed by atoms with Gasteiger partial charge in [-0.05, 0) is 20.3 Å². The molecular weight excluding hydrogens is 240 g/mol. The van der Waals surface area contributed by atoms with Crippen LogP contribution in [-0.2, 0) is 23.0 Å². The van der Waals surface area contributed by atoms with Gasteiger partial charge in [-0.25, -0.2) is 13.1 Å². The molecule has 2 rings (SSSR count). The fourth-order valence-electron chi connectivity index (χ4n) is 2.09. The molecule has 0 unspecified atom stereocenters. The maximum absolute atomic E-state index is 11.5. The molecular formula is C10H18N4O2S. The summed E-state index contributed by atoms with van der Waals surface area (Å²) < 4.78 is 26.2. The first-order valence-corrected chi connectivity index (χ1v) is 7.46. The molecule has 7 heteroatoms. The van der Waals surface area contributed by atoms with E-state index in [4.69, 9.17) is 5.73 Å². The number of nitrogen functional groups attached to an aromatic ring is 1. The van der Waals surface area contributed by atoms with Crippen molar-refractivity contribution in [1.82, 2.24) is 14.1 Å². The van der Waals surface area contributed by atoms with E-state index in [1.807, 2.05) is 13.8 Å². The zero-order valence-corrected chi connectivity index (χ0v) is 11.2. The third kappa shape index (κ3) is 2.16. The molecule has 2 N–H and O–H groups in total. The van der Waals surface area contributed by atoms with Crippen LogP contribution in [0.3, 0.4) is 0 Å². The maximum Gasteiger partial charge on any atom is 0.211 e. The quantitative estimate of drug-likeness (QED) is 0.830. The molecule has 0 amide bonds. The summed E-state index contributed by atoms with van der Waals surface area (Å²) in [7, 11) is -3.15. The lowest BCUT2D eigenvalue weighted by atomic mass is 10.1. The summed E-state index contributed by atoms with van der Waals surface area (Å²) >= 11 is 0. The molecule has 2 heterocycles. The van der Waals surface area contributed by atoms with Crippen LogP contribution in [-0.4, -0.2) is 35.3 Å². The number of sulfonamides is 1. The van der Waals surface area contributed by atoms with Crippen LogP contribution in [0.25, 0.3) is 0 Å². The van der Waals surface area contributed by atoms with Crippen molar-refractivity contribution < 1.29 is 8.42 Å². The van der Waals surface area contributed by atoms with Crippen LogP contribution in [0.1, 0.15) is 31.1 Å². The van der Waals surface area contributed by atoms with Gasteiger partial charge in [-0.1, -0.05) is 0 Å². The first-order valence-electron chi connectivity index (χ1n) is 5.61. The highest BCUT2D eigenvalue weighted by molar-refractivity contribution is 7.88. The lowest BCUT2D eigenvalue weighted by Gasteiger charge is -2.23. The highest BCUT2D eigenvalue weighted by Crippen LogP contribution is 2.26. The second-order valence-electron chi connectivity index (χ2n) is 4.70. The largest absolute Gasteiger partial charge is 0.384 e. The van der Waals surface area contributed by atoms with Gasteiger partial charge in [-0.2, -0.15) is 9.40 Å². The average Bonchev–Trinajstić information content (AvgIpc) is 2.54. The zero-order chi connectivity index (χ0) is 12.8. The van der Waals surface area contributed by atoms with Crippen LogP contribution in [0.15, 0.2) is 0 Å². The molecule has 1 aromatic heterocycles. The van der Waals surface area contributed by atoms with Crippen molar-refractivity contribution in [2.45, 2.75) is 32.9 Å². The van der Waals surface area contributed by atoms with Crippen molar-refractivity contribution >= 4 is 15.8 Å². The van der Waals surface area contributed by atoms with Crippen molar-refractivity contribution in [2.24, 2.45) is 0 Å². The van der Waals surface area contributed by atoms with Crippen molar-refractivity contribution in [2.75, 3.05) is 18.5 Å². The van der Waals surface area contributed by atoms with E-state index in [-0.39, 0.29) is 6.04 Å². The van der Waals surface area contributed by atoms with Gasteiger partial charge in [0.05, 0.1) is 18.5 Å². The van der Waals surface area contributed by atoms with E-state index in [2.05, 4.69) is 5.10 Å². The molecule has 0 aromatic carbocycles. The second kappa shape index (κ2) is 3.99. The highest BCUT2D eigenvalue weighted by atomic mass is 32.2. The molecule has 0 radical (unpaired) electrons. The van der Waals surface area contributed by atoms with Gasteiger partial charge in [0.25, 0.3) is 0 Å². The summed E-state index contributed by atoms with van der Waals surface area (Å²) in [6.45, 7) is 4.82. The summed E-state index contributed by atoms with van der Waals surface area (Å²) in [5.41, 5.74) is 7.80. The standard InChI is InChI=1S/C10H18N4O2S/c1-7(2)14-10(11)8-4-5-13(17(3,15)16)6-9(8)12-14/h7H,4-6,11H2,1-3H3. The predicted octanol–water partition coefficient (Wildman–Crippen LogP) is 0.364. The Morgan fingerprint density at radius 3 is 2.59 bits per heavy atom. The second-order valence-corrected chi connectivity index (χ2v) is 6.68. The topological polar surface area (TPSA) is 81.2 Å². The Morgan fingerprint density at radius 2 is 2.06 bits per heavy atom. The van der Waals surface area contributed by atoms with E-state index in [1.165, 1.54) is 10.6 Å². The van der Waals surface area contributed by atoms with Crippen molar-refractivity contribution in [3.63, 3.8) is 0 Å². The van der Waals surface area contributed by atoms with E-state index < -0.39 is 10.0 Å². The molecule has 0 saturated carbocycles. The van der Waals surface area contributed by atoms with Crippen molar-refractivity contribution in [3.05, 3.63) is 11.3 Å². The van der Waals surface area contributed by atoms with Gasteiger partial charge in [0, 0.05) is 18.2 Å². The molecule has 0 atom stereocenters. The fourth-order valence-corrected chi connectivity index (χ4v) is 2.87. The van der Waals surface area contributed by atoms with Crippen molar-refractivity contribution in [1.29, 1.82) is 0 Å². The van der Waals surface area contributed by atoms with Gasteiger partial charge in [-0.3, -0.25) is 0 Å². The molecule has 6 nitrogen and oxygen atoms in total. The molecule has 0 spiro atoms. The molecule has 1 aliphatic heterocycles. The minimum absolute atomic E-state index is 0.187. The van der Waals surface area contributed by atoms with Crippen molar-refractivity contribution in [3.8, 4) is 0 Å². The minimum Gasteiger partial charge on any atom is -0.384 e. The van der Waals surface area contributed by atoms with E-state index in [0.717, 1.165) is 11.3 Å². The van der Waals surface area contributed by atoms with Crippen LogP contribution in [0.4, 0.5) is 5.82 Å². The number of nitrogens with two attached hydrogens (primary N) is 1. The number of fused-ring (bicyclic) bond motifs is 1. The van der Waals surface area contributed by atoms with Gasteiger partial charge in [0.15, 0.2) is 0 Å². The Bertz CT molecular complexity index is 533.